The molecule has 0 unspecified atom stereocenters. The summed E-state index contributed by atoms with van der Waals surface area (Å²) < 4.78 is 13.2. The number of hydrogen-bond donors (Lipinski definition) is 1. The fourth-order valence-electron chi connectivity index (χ4n) is 1.27. The smallest absolute Gasteiger partial charge is 0.354 e. The molecule has 0 aliphatic heterocycles. The number of alkyl halides is 1. The van der Waals surface area contributed by atoms with Crippen LogP contribution in [0.15, 0.2) is 12.1 Å². The van der Waals surface area contributed by atoms with Gasteiger partial charge in [0.05, 0.1) is 0 Å². The summed E-state index contributed by atoms with van der Waals surface area (Å²) in [7, 11) is 0. The first kappa shape index (κ1) is 10.6. The van der Waals surface area contributed by atoms with Gasteiger partial charge in [-0.25, -0.2) is 14.2 Å². The Balaban J connectivity index is 2.33. The Morgan fingerprint density at radius 1 is 1.56 bits per heavy atom. The average molecular weight is 219 g/mol. The molecule has 0 atom stereocenters. The van der Waals surface area contributed by atoms with E-state index in [1.807, 2.05) is 0 Å². The highest BCUT2D eigenvalue weighted by atomic mass is 19.1. The van der Waals surface area contributed by atoms with E-state index in [4.69, 9.17) is 5.11 Å². The minimum atomic E-state index is -1.35. The minimum absolute atomic E-state index is 0.0620. The number of hydrogen-bond acceptors (Lipinski definition) is 2. The molecule has 3 nitrogen and oxygen atoms in total. The van der Waals surface area contributed by atoms with Gasteiger partial charge in [0.15, 0.2) is 5.67 Å². The Labute approximate surface area is 92.3 Å². The number of aromatic carboxylic acids is 1. The molecule has 1 aliphatic rings. The van der Waals surface area contributed by atoms with Crippen LogP contribution in [0.2, 0.25) is 0 Å². The summed E-state index contributed by atoms with van der Waals surface area (Å²) in [6, 6.07) is 3.00. The summed E-state index contributed by atoms with van der Waals surface area (Å²) in [4.78, 5) is 14.6. The molecular formula is C12H10FNO2. The zero-order valence-electron chi connectivity index (χ0n) is 8.75. The van der Waals surface area contributed by atoms with Gasteiger partial charge < -0.3 is 5.11 Å². The monoisotopic (exact) mass is 219 g/mol. The zero-order valence-corrected chi connectivity index (χ0v) is 8.75. The van der Waals surface area contributed by atoms with Crippen LogP contribution in [-0.2, 0) is 0 Å². The topological polar surface area (TPSA) is 50.2 Å². The molecule has 1 heterocycles. The lowest BCUT2D eigenvalue weighted by Crippen LogP contribution is -2.02. The van der Waals surface area contributed by atoms with Crippen molar-refractivity contribution in [3.8, 4) is 11.8 Å². The molecule has 1 aliphatic carbocycles. The summed E-state index contributed by atoms with van der Waals surface area (Å²) >= 11 is 0. The number of rotatable bonds is 1. The van der Waals surface area contributed by atoms with E-state index in [0.717, 1.165) is 0 Å². The van der Waals surface area contributed by atoms with Gasteiger partial charge in [-0.05, 0) is 31.9 Å². The molecule has 1 saturated carbocycles. The Hall–Kier alpha value is -1.89. The first-order valence-electron chi connectivity index (χ1n) is 4.93. The highest BCUT2D eigenvalue weighted by Crippen LogP contribution is 2.38. The van der Waals surface area contributed by atoms with Crippen LogP contribution in [0.4, 0.5) is 4.39 Å². The molecule has 0 amide bonds. The van der Waals surface area contributed by atoms with Gasteiger partial charge in [-0.1, -0.05) is 11.8 Å². The van der Waals surface area contributed by atoms with Crippen molar-refractivity contribution < 1.29 is 14.3 Å². The number of aromatic nitrogens is 1. The van der Waals surface area contributed by atoms with E-state index in [-0.39, 0.29) is 5.69 Å². The third kappa shape index (κ3) is 2.37. The van der Waals surface area contributed by atoms with Crippen LogP contribution in [0, 0.1) is 18.8 Å². The van der Waals surface area contributed by atoms with Crippen LogP contribution in [0.1, 0.15) is 34.6 Å². The van der Waals surface area contributed by atoms with E-state index in [1.165, 1.54) is 6.07 Å². The molecule has 1 aromatic heterocycles. The maximum Gasteiger partial charge on any atom is 0.354 e. The predicted octanol–water partition coefficient (Wildman–Crippen LogP) is 1.94. The second kappa shape index (κ2) is 3.60. The third-order valence-corrected chi connectivity index (χ3v) is 2.29. The van der Waals surface area contributed by atoms with Gasteiger partial charge in [-0.15, -0.1) is 0 Å². The molecule has 0 spiro atoms. The average Bonchev–Trinajstić information content (AvgIpc) is 2.94. The number of carbonyl (C=O) groups is 1. The lowest BCUT2D eigenvalue weighted by Gasteiger charge is -1.98. The van der Waals surface area contributed by atoms with Gasteiger partial charge in [-0.2, -0.15) is 0 Å². The first-order chi connectivity index (χ1) is 7.48. The molecule has 1 fully saturated rings. The van der Waals surface area contributed by atoms with Gasteiger partial charge in [0, 0.05) is 11.3 Å². The number of aryl methyl sites for hydroxylation is 1. The van der Waals surface area contributed by atoms with Gasteiger partial charge in [0.1, 0.15) is 5.69 Å². The van der Waals surface area contributed by atoms with Crippen LogP contribution in [0.5, 0.6) is 0 Å². The Kier molecular flexibility index (Phi) is 2.39. The number of carboxylic acids is 1. The Morgan fingerprint density at radius 2 is 2.25 bits per heavy atom. The van der Waals surface area contributed by atoms with Crippen molar-refractivity contribution in [1.29, 1.82) is 0 Å². The highest BCUT2D eigenvalue weighted by Gasteiger charge is 2.41. The van der Waals surface area contributed by atoms with Crippen LogP contribution in [-0.4, -0.2) is 21.7 Å². The summed E-state index contributed by atoms with van der Waals surface area (Å²) in [5, 5.41) is 8.79. The zero-order chi connectivity index (χ0) is 11.8. The molecule has 4 heteroatoms. The van der Waals surface area contributed by atoms with Gasteiger partial charge >= 0.3 is 5.97 Å². The maximum atomic E-state index is 13.2. The minimum Gasteiger partial charge on any atom is -0.477 e. The standard InChI is InChI=1S/C12H10FNO2/c1-8-6-9(2-3-12(13)4-5-12)7-10(14-8)11(15)16/h6-7H,4-5H2,1H3,(H,15,16). The van der Waals surface area contributed by atoms with E-state index in [1.54, 1.807) is 13.0 Å². The van der Waals surface area contributed by atoms with Gasteiger partial charge in [0.2, 0.25) is 0 Å². The second-order valence-corrected chi connectivity index (χ2v) is 3.90. The molecule has 16 heavy (non-hydrogen) atoms. The summed E-state index contributed by atoms with van der Waals surface area (Å²) in [5.74, 6) is 4.06. The van der Waals surface area contributed by atoms with Crippen LogP contribution >= 0.6 is 0 Å². The van der Waals surface area contributed by atoms with E-state index in [0.29, 0.717) is 24.1 Å². The van der Waals surface area contributed by atoms with Crippen molar-refractivity contribution in [3.63, 3.8) is 0 Å². The molecule has 2 rings (SSSR count). The van der Waals surface area contributed by atoms with Crippen molar-refractivity contribution in [2.75, 3.05) is 0 Å². The molecule has 82 valence electrons. The third-order valence-electron chi connectivity index (χ3n) is 2.29. The van der Waals surface area contributed by atoms with Crippen molar-refractivity contribution in [2.45, 2.75) is 25.4 Å². The summed E-state index contributed by atoms with van der Waals surface area (Å²) in [6.07, 6.45) is 0.936. The lowest BCUT2D eigenvalue weighted by atomic mass is 10.2. The van der Waals surface area contributed by atoms with Crippen LogP contribution in [0.3, 0.4) is 0 Å². The van der Waals surface area contributed by atoms with Crippen molar-refractivity contribution >= 4 is 5.97 Å². The van der Waals surface area contributed by atoms with Crippen molar-refractivity contribution in [3.05, 3.63) is 29.1 Å². The quantitative estimate of drug-likeness (QED) is 0.734. The van der Waals surface area contributed by atoms with E-state index in [9.17, 15) is 9.18 Å². The number of carboxylic acid groups (broad SMARTS) is 1. The van der Waals surface area contributed by atoms with E-state index in [2.05, 4.69) is 16.8 Å². The Morgan fingerprint density at radius 3 is 2.81 bits per heavy atom. The fraction of sp³-hybridized carbons (Fsp3) is 0.333. The maximum absolute atomic E-state index is 13.2. The lowest BCUT2D eigenvalue weighted by molar-refractivity contribution is 0.0690. The molecule has 0 saturated heterocycles. The number of pyridine rings is 1. The van der Waals surface area contributed by atoms with E-state index >= 15 is 0 Å². The van der Waals surface area contributed by atoms with Crippen LogP contribution < -0.4 is 0 Å². The molecule has 0 bridgehead atoms. The largest absolute Gasteiger partial charge is 0.477 e. The Bertz CT molecular complexity index is 509. The summed E-state index contributed by atoms with van der Waals surface area (Å²) in [6.45, 7) is 1.68. The summed E-state index contributed by atoms with van der Waals surface area (Å²) in [5.41, 5.74) is -0.352. The molecule has 1 aromatic rings. The first-order valence-corrected chi connectivity index (χ1v) is 4.93. The predicted molar refractivity (Wildman–Crippen MR) is 55.9 cm³/mol. The van der Waals surface area contributed by atoms with Gasteiger partial charge in [0.25, 0.3) is 0 Å². The van der Waals surface area contributed by atoms with Gasteiger partial charge in [-0.3, -0.25) is 0 Å². The highest BCUT2D eigenvalue weighted by molar-refractivity contribution is 5.85. The van der Waals surface area contributed by atoms with Crippen molar-refractivity contribution in [1.82, 2.24) is 4.98 Å². The van der Waals surface area contributed by atoms with Crippen LogP contribution in [0.25, 0.3) is 0 Å². The molecule has 0 radical (unpaired) electrons. The number of halogens is 1. The second-order valence-electron chi connectivity index (χ2n) is 3.90. The SMILES string of the molecule is Cc1cc(C#CC2(F)CC2)cc(C(=O)O)n1. The number of nitrogens with zero attached hydrogens (tertiary/aromatic N) is 1. The fourth-order valence-corrected chi connectivity index (χ4v) is 1.27. The molecule has 0 aromatic carbocycles. The van der Waals surface area contributed by atoms with E-state index < -0.39 is 11.6 Å². The molecular weight excluding hydrogens is 209 g/mol. The normalized spacial score (nSPS) is 16.1. The van der Waals surface area contributed by atoms with Crippen molar-refractivity contribution in [2.24, 2.45) is 0 Å². The molecule has 1 N–H and O–H groups in total.